The topological polar surface area (TPSA) is 69.1 Å². The maximum atomic E-state index is 12.2. The van der Waals surface area contributed by atoms with E-state index in [2.05, 4.69) is 10.5 Å². The summed E-state index contributed by atoms with van der Waals surface area (Å²) in [7, 11) is 1.60. The van der Waals surface area contributed by atoms with Gasteiger partial charge in [0.05, 0.1) is 12.8 Å². The number of oxime groups is 1. The number of nitrogens with zero attached hydrogens (tertiary/aromatic N) is 1. The van der Waals surface area contributed by atoms with Crippen LogP contribution in [0.2, 0.25) is 0 Å². The molecule has 0 unspecified atom stereocenters. The lowest BCUT2D eigenvalue weighted by atomic mass is 9.93. The van der Waals surface area contributed by atoms with Gasteiger partial charge in [-0.15, -0.1) is 0 Å². The number of carbonyl (C=O) groups is 1. The second kappa shape index (κ2) is 7.79. The minimum absolute atomic E-state index is 0.0107. The van der Waals surface area contributed by atoms with Crippen LogP contribution < -0.4 is 14.8 Å². The zero-order valence-corrected chi connectivity index (χ0v) is 16.0. The van der Waals surface area contributed by atoms with Gasteiger partial charge in [0.25, 0.3) is 5.91 Å². The lowest BCUT2D eigenvalue weighted by Gasteiger charge is -2.19. The summed E-state index contributed by atoms with van der Waals surface area (Å²) < 4.78 is 11.2. The first-order valence-corrected chi connectivity index (χ1v) is 10.0. The Balaban J connectivity index is 1.41. The van der Waals surface area contributed by atoms with Gasteiger partial charge in [-0.2, -0.15) is 0 Å². The molecule has 4 rings (SSSR count). The number of hydrogen-bond donors (Lipinski definition) is 1. The van der Waals surface area contributed by atoms with E-state index in [0.717, 1.165) is 43.4 Å². The molecule has 0 radical (unpaired) electrons. The molecule has 1 aromatic rings. The Morgan fingerprint density at radius 3 is 2.74 bits per heavy atom. The minimum Gasteiger partial charge on any atom is -0.493 e. The normalized spacial score (nSPS) is 21.1. The first kappa shape index (κ1) is 18.1. The molecule has 0 aromatic heterocycles. The molecule has 27 heavy (non-hydrogen) atoms. The van der Waals surface area contributed by atoms with Crippen LogP contribution in [0.3, 0.4) is 0 Å². The highest BCUT2D eigenvalue weighted by Crippen LogP contribution is 2.41. The summed E-state index contributed by atoms with van der Waals surface area (Å²) in [6.07, 6.45) is 9.88. The molecule has 1 heterocycles. The third-order valence-electron chi connectivity index (χ3n) is 5.93. The maximum Gasteiger partial charge on any atom is 0.258 e. The van der Waals surface area contributed by atoms with E-state index in [0.29, 0.717) is 17.5 Å². The molecular weight excluding hydrogens is 344 g/mol. The van der Waals surface area contributed by atoms with Gasteiger partial charge in [0.15, 0.2) is 18.1 Å². The molecule has 1 N–H and O–H groups in total. The Kier molecular flexibility index (Phi) is 5.23. The fraction of sp³-hybridized carbons (Fsp3) is 0.619. The zero-order valence-electron chi connectivity index (χ0n) is 16.0. The number of nitrogens with one attached hydrogen (secondary N) is 1. The molecule has 1 spiro atoms. The molecule has 1 amide bonds. The van der Waals surface area contributed by atoms with E-state index in [-0.39, 0.29) is 18.1 Å². The molecule has 3 aliphatic rings. The van der Waals surface area contributed by atoms with Gasteiger partial charge in [-0.25, -0.2) is 0 Å². The van der Waals surface area contributed by atoms with Crippen molar-refractivity contribution in [3.05, 3.63) is 23.8 Å². The van der Waals surface area contributed by atoms with Crippen molar-refractivity contribution in [2.75, 3.05) is 13.7 Å². The Bertz CT molecular complexity index is 719. The first-order valence-electron chi connectivity index (χ1n) is 10.0. The summed E-state index contributed by atoms with van der Waals surface area (Å²) >= 11 is 0. The Morgan fingerprint density at radius 1 is 1.22 bits per heavy atom. The molecular formula is C21H28N2O4. The molecule has 2 aliphatic carbocycles. The van der Waals surface area contributed by atoms with E-state index in [1.165, 1.54) is 25.7 Å². The van der Waals surface area contributed by atoms with Crippen LogP contribution in [0, 0.1) is 0 Å². The van der Waals surface area contributed by atoms with Crippen molar-refractivity contribution in [1.82, 2.24) is 5.32 Å². The first-order chi connectivity index (χ1) is 13.2. The van der Waals surface area contributed by atoms with Crippen molar-refractivity contribution in [3.8, 4) is 11.5 Å². The Morgan fingerprint density at radius 2 is 2.00 bits per heavy atom. The van der Waals surface area contributed by atoms with Crippen LogP contribution in [-0.2, 0) is 9.63 Å². The molecule has 0 atom stereocenters. The number of ether oxygens (including phenoxy) is 2. The van der Waals surface area contributed by atoms with Crippen LogP contribution in [0.15, 0.2) is 23.4 Å². The van der Waals surface area contributed by atoms with E-state index >= 15 is 0 Å². The fourth-order valence-electron chi connectivity index (χ4n) is 4.42. The van der Waals surface area contributed by atoms with E-state index in [1.807, 2.05) is 18.2 Å². The van der Waals surface area contributed by atoms with Gasteiger partial charge >= 0.3 is 0 Å². The number of benzene rings is 1. The van der Waals surface area contributed by atoms with Crippen molar-refractivity contribution in [2.24, 2.45) is 5.16 Å². The summed E-state index contributed by atoms with van der Waals surface area (Å²) in [5, 5.41) is 7.38. The van der Waals surface area contributed by atoms with Gasteiger partial charge in [0.1, 0.15) is 5.60 Å². The summed E-state index contributed by atoms with van der Waals surface area (Å²) in [5.41, 5.74) is 1.81. The number of rotatable bonds is 6. The maximum absolute atomic E-state index is 12.2. The number of carbonyl (C=O) groups excluding carboxylic acids is 1. The lowest BCUT2D eigenvalue weighted by molar-refractivity contribution is -0.123. The van der Waals surface area contributed by atoms with Crippen molar-refractivity contribution >= 4 is 11.6 Å². The van der Waals surface area contributed by atoms with Gasteiger partial charge in [-0.1, -0.05) is 18.0 Å². The van der Waals surface area contributed by atoms with Gasteiger partial charge in [-0.05, 0) is 56.7 Å². The summed E-state index contributed by atoms with van der Waals surface area (Å²) in [4.78, 5) is 18.0. The molecule has 146 valence electrons. The van der Waals surface area contributed by atoms with Crippen LogP contribution in [0.25, 0.3) is 0 Å². The molecule has 2 fully saturated rings. The second-order valence-corrected chi connectivity index (χ2v) is 7.90. The largest absolute Gasteiger partial charge is 0.493 e. The summed E-state index contributed by atoms with van der Waals surface area (Å²) in [5.74, 6) is 1.09. The van der Waals surface area contributed by atoms with E-state index in [9.17, 15) is 4.79 Å². The molecule has 1 aromatic carbocycles. The number of amides is 1. The van der Waals surface area contributed by atoms with Gasteiger partial charge < -0.3 is 19.6 Å². The average Bonchev–Trinajstić information content (AvgIpc) is 3.44. The second-order valence-electron chi connectivity index (χ2n) is 7.90. The molecule has 6 heteroatoms. The highest BCUT2D eigenvalue weighted by Gasteiger charge is 2.42. The third kappa shape index (κ3) is 4.04. The van der Waals surface area contributed by atoms with Crippen LogP contribution in [-0.4, -0.2) is 37.0 Å². The fourth-order valence-corrected chi connectivity index (χ4v) is 4.42. The minimum atomic E-state index is -0.0998. The molecule has 6 nitrogen and oxygen atoms in total. The predicted octanol–water partition coefficient (Wildman–Crippen LogP) is 3.57. The number of methoxy groups -OCH3 is 1. The van der Waals surface area contributed by atoms with Gasteiger partial charge in [0, 0.05) is 18.0 Å². The Hall–Kier alpha value is -2.24. The third-order valence-corrected chi connectivity index (χ3v) is 5.93. The highest BCUT2D eigenvalue weighted by molar-refractivity contribution is 6.02. The molecule has 0 bridgehead atoms. The Labute approximate surface area is 160 Å². The molecule has 2 saturated carbocycles. The van der Waals surface area contributed by atoms with E-state index < -0.39 is 0 Å². The molecule has 1 aliphatic heterocycles. The zero-order chi connectivity index (χ0) is 18.7. The average molecular weight is 372 g/mol. The smallest absolute Gasteiger partial charge is 0.258 e. The molecule has 0 saturated heterocycles. The number of hydrogen-bond acceptors (Lipinski definition) is 5. The summed E-state index contributed by atoms with van der Waals surface area (Å²) in [6, 6.07) is 6.03. The SMILES string of the molecule is COc1ccc(C2=NOC3(CCCC3)C2)cc1OCC(=O)NC1CCCC1. The quantitative estimate of drug-likeness (QED) is 0.829. The summed E-state index contributed by atoms with van der Waals surface area (Å²) in [6.45, 7) is -0.0107. The van der Waals surface area contributed by atoms with E-state index in [1.54, 1.807) is 7.11 Å². The lowest BCUT2D eigenvalue weighted by Crippen LogP contribution is -2.36. The van der Waals surface area contributed by atoms with Crippen molar-refractivity contribution in [2.45, 2.75) is 69.4 Å². The predicted molar refractivity (Wildman–Crippen MR) is 102 cm³/mol. The van der Waals surface area contributed by atoms with Crippen molar-refractivity contribution in [3.63, 3.8) is 0 Å². The van der Waals surface area contributed by atoms with Crippen LogP contribution in [0.4, 0.5) is 0 Å². The van der Waals surface area contributed by atoms with Crippen LogP contribution >= 0.6 is 0 Å². The van der Waals surface area contributed by atoms with Crippen LogP contribution in [0.5, 0.6) is 11.5 Å². The standard InChI is InChI=1S/C21H28N2O4/c1-25-18-9-8-15(17-13-21(27-23-17)10-4-5-11-21)12-19(18)26-14-20(24)22-16-6-2-3-7-16/h8-9,12,16H,2-7,10-11,13-14H2,1H3,(H,22,24). The van der Waals surface area contributed by atoms with E-state index in [4.69, 9.17) is 14.3 Å². The van der Waals surface area contributed by atoms with Gasteiger partial charge in [-0.3, -0.25) is 4.79 Å². The van der Waals surface area contributed by atoms with Crippen LogP contribution in [0.1, 0.15) is 63.4 Å². The van der Waals surface area contributed by atoms with Gasteiger partial charge in [0.2, 0.25) is 0 Å². The monoisotopic (exact) mass is 372 g/mol. The van der Waals surface area contributed by atoms with Crippen molar-refractivity contribution < 1.29 is 19.1 Å². The van der Waals surface area contributed by atoms with Crippen molar-refractivity contribution in [1.29, 1.82) is 0 Å². The highest BCUT2D eigenvalue weighted by atomic mass is 16.7.